The number of rotatable bonds is 8. The highest BCUT2D eigenvalue weighted by Crippen LogP contribution is 2.30. The third kappa shape index (κ3) is 4.68. The molecule has 3 aromatic rings. The highest BCUT2D eigenvalue weighted by Gasteiger charge is 2.22. The summed E-state index contributed by atoms with van der Waals surface area (Å²) in [4.78, 5) is 15.5. The Balaban J connectivity index is 1.42. The standard InChI is InChI=1S/C23H21NO4/c25-23(26)18-11-9-17(10-12-18)14-27-20-4-1-3-19(13-20)21-5-2-6-22(24-21)28-15-16-7-8-16/h1-6,9-13,16H,7-8,14-15H2,(H,25,26). The van der Waals surface area contributed by atoms with E-state index < -0.39 is 5.97 Å². The molecule has 0 bridgehead atoms. The van der Waals surface area contributed by atoms with Crippen LogP contribution in [0.25, 0.3) is 11.3 Å². The van der Waals surface area contributed by atoms with Crippen LogP contribution in [-0.4, -0.2) is 22.7 Å². The van der Waals surface area contributed by atoms with Gasteiger partial charge in [0, 0.05) is 11.6 Å². The van der Waals surface area contributed by atoms with Crippen molar-refractivity contribution in [3.63, 3.8) is 0 Å². The second-order valence-corrected chi connectivity index (χ2v) is 6.93. The Hall–Kier alpha value is -3.34. The molecule has 1 aliphatic rings. The molecule has 28 heavy (non-hydrogen) atoms. The van der Waals surface area contributed by atoms with Gasteiger partial charge < -0.3 is 14.6 Å². The van der Waals surface area contributed by atoms with Crippen LogP contribution in [0.3, 0.4) is 0 Å². The molecule has 1 heterocycles. The van der Waals surface area contributed by atoms with E-state index in [2.05, 4.69) is 4.98 Å². The number of hydrogen-bond acceptors (Lipinski definition) is 4. The average Bonchev–Trinajstić information content (AvgIpc) is 3.56. The molecule has 0 unspecified atom stereocenters. The van der Waals surface area contributed by atoms with Crippen molar-refractivity contribution >= 4 is 5.97 Å². The number of aromatic nitrogens is 1. The normalized spacial score (nSPS) is 13.1. The lowest BCUT2D eigenvalue weighted by molar-refractivity contribution is 0.0697. The van der Waals surface area contributed by atoms with E-state index in [0.29, 0.717) is 18.4 Å². The molecule has 0 atom stereocenters. The first kappa shape index (κ1) is 18.0. The second-order valence-electron chi connectivity index (χ2n) is 6.93. The van der Waals surface area contributed by atoms with Gasteiger partial charge in [0.15, 0.2) is 0 Å². The van der Waals surface area contributed by atoms with Gasteiger partial charge in [-0.2, -0.15) is 0 Å². The monoisotopic (exact) mass is 375 g/mol. The SMILES string of the molecule is O=C(O)c1ccc(COc2cccc(-c3cccc(OCC4CC4)n3)c2)cc1. The smallest absolute Gasteiger partial charge is 0.335 e. The zero-order chi connectivity index (χ0) is 19.3. The molecule has 0 saturated heterocycles. The van der Waals surface area contributed by atoms with Gasteiger partial charge in [0.25, 0.3) is 0 Å². The first-order chi connectivity index (χ1) is 13.7. The number of carboxylic acids is 1. The number of nitrogens with zero attached hydrogens (tertiary/aromatic N) is 1. The second kappa shape index (κ2) is 8.13. The number of ether oxygens (including phenoxy) is 2. The molecule has 1 fully saturated rings. The minimum atomic E-state index is -0.934. The van der Waals surface area contributed by atoms with Crippen molar-refractivity contribution in [2.24, 2.45) is 5.92 Å². The molecule has 1 aromatic heterocycles. The van der Waals surface area contributed by atoms with Crippen LogP contribution in [0.5, 0.6) is 11.6 Å². The molecule has 1 N–H and O–H groups in total. The largest absolute Gasteiger partial charge is 0.489 e. The van der Waals surface area contributed by atoms with E-state index in [0.717, 1.165) is 29.2 Å². The molecule has 5 heteroatoms. The van der Waals surface area contributed by atoms with E-state index in [4.69, 9.17) is 14.6 Å². The molecule has 1 saturated carbocycles. The molecule has 142 valence electrons. The lowest BCUT2D eigenvalue weighted by Gasteiger charge is -2.10. The van der Waals surface area contributed by atoms with Crippen molar-refractivity contribution in [2.45, 2.75) is 19.4 Å². The lowest BCUT2D eigenvalue weighted by Crippen LogP contribution is -2.01. The lowest BCUT2D eigenvalue weighted by atomic mass is 10.1. The number of hydrogen-bond donors (Lipinski definition) is 1. The molecular formula is C23H21NO4. The van der Waals surface area contributed by atoms with Crippen LogP contribution in [0.1, 0.15) is 28.8 Å². The fourth-order valence-electron chi connectivity index (χ4n) is 2.80. The third-order valence-corrected chi connectivity index (χ3v) is 4.62. The molecule has 5 nitrogen and oxygen atoms in total. The highest BCUT2D eigenvalue weighted by atomic mass is 16.5. The Morgan fingerprint density at radius 1 is 1.00 bits per heavy atom. The van der Waals surface area contributed by atoms with Crippen LogP contribution in [0, 0.1) is 5.92 Å². The van der Waals surface area contributed by atoms with Crippen molar-refractivity contribution in [3.05, 3.63) is 77.9 Å². The van der Waals surface area contributed by atoms with E-state index in [-0.39, 0.29) is 5.56 Å². The number of carbonyl (C=O) groups is 1. The number of carboxylic acid groups (broad SMARTS) is 1. The van der Waals surface area contributed by atoms with Crippen LogP contribution in [0.15, 0.2) is 66.7 Å². The van der Waals surface area contributed by atoms with E-state index in [1.54, 1.807) is 24.3 Å². The summed E-state index contributed by atoms with van der Waals surface area (Å²) in [7, 11) is 0. The molecule has 2 aromatic carbocycles. The molecule has 0 radical (unpaired) electrons. The van der Waals surface area contributed by atoms with E-state index >= 15 is 0 Å². The predicted molar refractivity (Wildman–Crippen MR) is 106 cm³/mol. The van der Waals surface area contributed by atoms with Crippen molar-refractivity contribution < 1.29 is 19.4 Å². The summed E-state index contributed by atoms with van der Waals surface area (Å²) in [5.74, 6) is 1.13. The van der Waals surface area contributed by atoms with Gasteiger partial charge in [0.2, 0.25) is 5.88 Å². The van der Waals surface area contributed by atoms with Crippen molar-refractivity contribution in [3.8, 4) is 22.9 Å². The van der Waals surface area contributed by atoms with Gasteiger partial charge in [-0.15, -0.1) is 0 Å². The first-order valence-corrected chi connectivity index (χ1v) is 9.33. The van der Waals surface area contributed by atoms with Gasteiger partial charge in [0.05, 0.1) is 17.9 Å². The summed E-state index contributed by atoms with van der Waals surface area (Å²) < 4.78 is 11.6. The maximum atomic E-state index is 10.9. The Morgan fingerprint density at radius 2 is 1.79 bits per heavy atom. The Kier molecular flexibility index (Phi) is 5.24. The molecule has 0 spiro atoms. The summed E-state index contributed by atoms with van der Waals surface area (Å²) in [5, 5.41) is 8.96. The maximum absolute atomic E-state index is 10.9. The summed E-state index contributed by atoms with van der Waals surface area (Å²) >= 11 is 0. The zero-order valence-corrected chi connectivity index (χ0v) is 15.4. The van der Waals surface area contributed by atoms with Gasteiger partial charge in [0.1, 0.15) is 12.4 Å². The van der Waals surface area contributed by atoms with Crippen LogP contribution < -0.4 is 9.47 Å². The summed E-state index contributed by atoms with van der Waals surface area (Å²) in [5.41, 5.74) is 2.96. The topological polar surface area (TPSA) is 68.7 Å². The van der Waals surface area contributed by atoms with Crippen LogP contribution in [0.4, 0.5) is 0 Å². The van der Waals surface area contributed by atoms with Gasteiger partial charge >= 0.3 is 5.97 Å². The molecule has 0 aliphatic heterocycles. The van der Waals surface area contributed by atoms with E-state index in [9.17, 15) is 4.79 Å². The van der Waals surface area contributed by atoms with E-state index in [1.165, 1.54) is 12.8 Å². The predicted octanol–water partition coefficient (Wildman–Crippen LogP) is 4.81. The van der Waals surface area contributed by atoms with Gasteiger partial charge in [-0.25, -0.2) is 9.78 Å². The number of aromatic carboxylic acids is 1. The van der Waals surface area contributed by atoms with Gasteiger partial charge in [-0.05, 0) is 54.7 Å². The summed E-state index contributed by atoms with van der Waals surface area (Å²) in [6, 6.07) is 20.2. The minimum absolute atomic E-state index is 0.264. The molecular weight excluding hydrogens is 354 g/mol. The van der Waals surface area contributed by atoms with Crippen LogP contribution in [-0.2, 0) is 6.61 Å². The Labute approximate surface area is 163 Å². The molecule has 4 rings (SSSR count). The minimum Gasteiger partial charge on any atom is -0.489 e. The fraction of sp³-hybridized carbons (Fsp3) is 0.217. The number of benzene rings is 2. The van der Waals surface area contributed by atoms with E-state index in [1.807, 2.05) is 42.5 Å². The third-order valence-electron chi connectivity index (χ3n) is 4.62. The summed E-state index contributed by atoms with van der Waals surface area (Å²) in [6.07, 6.45) is 2.50. The highest BCUT2D eigenvalue weighted by molar-refractivity contribution is 5.87. The Morgan fingerprint density at radius 3 is 2.54 bits per heavy atom. The molecule has 1 aliphatic carbocycles. The van der Waals surface area contributed by atoms with Crippen molar-refractivity contribution in [1.82, 2.24) is 4.98 Å². The fourth-order valence-corrected chi connectivity index (χ4v) is 2.80. The zero-order valence-electron chi connectivity index (χ0n) is 15.4. The van der Waals surface area contributed by atoms with Gasteiger partial charge in [-0.3, -0.25) is 0 Å². The Bertz CT molecular complexity index is 964. The first-order valence-electron chi connectivity index (χ1n) is 9.33. The quantitative estimate of drug-likeness (QED) is 0.612. The average molecular weight is 375 g/mol. The molecule has 0 amide bonds. The van der Waals surface area contributed by atoms with Crippen molar-refractivity contribution in [1.29, 1.82) is 0 Å². The van der Waals surface area contributed by atoms with Crippen molar-refractivity contribution in [2.75, 3.05) is 6.61 Å². The van der Waals surface area contributed by atoms with Crippen LogP contribution >= 0.6 is 0 Å². The number of pyridine rings is 1. The van der Waals surface area contributed by atoms with Crippen LogP contribution in [0.2, 0.25) is 0 Å². The maximum Gasteiger partial charge on any atom is 0.335 e. The summed E-state index contributed by atoms with van der Waals surface area (Å²) in [6.45, 7) is 1.10. The van der Waals surface area contributed by atoms with Gasteiger partial charge in [-0.1, -0.05) is 30.3 Å².